The van der Waals surface area contributed by atoms with Crippen LogP contribution < -0.4 is 15.5 Å². The molecule has 2 heterocycles. The van der Waals surface area contributed by atoms with Gasteiger partial charge in [0.25, 0.3) is 0 Å². The summed E-state index contributed by atoms with van der Waals surface area (Å²) in [5.41, 5.74) is 1.85. The van der Waals surface area contributed by atoms with Crippen LogP contribution in [0.15, 0.2) is 54.7 Å². The predicted molar refractivity (Wildman–Crippen MR) is 123 cm³/mol. The molecule has 1 aromatic heterocycles. The van der Waals surface area contributed by atoms with Crippen molar-refractivity contribution in [2.75, 3.05) is 37.6 Å². The Morgan fingerprint density at radius 1 is 1.10 bits per heavy atom. The molecule has 1 aliphatic heterocycles. The van der Waals surface area contributed by atoms with Gasteiger partial charge in [0.15, 0.2) is 0 Å². The van der Waals surface area contributed by atoms with Gasteiger partial charge in [-0.25, -0.2) is 4.98 Å². The van der Waals surface area contributed by atoms with Crippen molar-refractivity contribution < 1.29 is 9.59 Å². The molecule has 2 N–H and O–H groups in total. The molecule has 3 rings (SSSR count). The lowest BCUT2D eigenvalue weighted by molar-refractivity contribution is -0.126. The number of likely N-dealkylation sites (N-methyl/N-ethyl adjacent to an activating group) is 1. The van der Waals surface area contributed by atoms with Crippen LogP contribution in [-0.4, -0.2) is 60.5 Å². The molecule has 1 saturated heterocycles. The first-order chi connectivity index (χ1) is 15.0. The lowest BCUT2D eigenvalue weighted by Crippen LogP contribution is -2.46. The van der Waals surface area contributed by atoms with Gasteiger partial charge in [-0.1, -0.05) is 43.3 Å². The highest BCUT2D eigenvalue weighted by Gasteiger charge is 2.17. The molecule has 1 aliphatic rings. The fourth-order valence-corrected chi connectivity index (χ4v) is 3.41. The maximum Gasteiger partial charge on any atom is 0.244 e. The smallest absolute Gasteiger partial charge is 0.244 e. The van der Waals surface area contributed by atoms with Crippen LogP contribution in [0, 0.1) is 0 Å². The number of carbonyl (C=O) groups is 2. The molecular formula is C24H31N5O2. The number of pyridine rings is 1. The fourth-order valence-electron chi connectivity index (χ4n) is 3.41. The van der Waals surface area contributed by atoms with Crippen LogP contribution in [0.2, 0.25) is 0 Å². The van der Waals surface area contributed by atoms with E-state index in [1.165, 1.54) is 6.08 Å². The van der Waals surface area contributed by atoms with Gasteiger partial charge in [0.05, 0.1) is 0 Å². The Balaban J connectivity index is 1.42. The molecule has 164 valence electrons. The van der Waals surface area contributed by atoms with Crippen molar-refractivity contribution in [1.29, 1.82) is 0 Å². The number of hydrogen-bond donors (Lipinski definition) is 2. The number of amides is 2. The zero-order valence-electron chi connectivity index (χ0n) is 18.3. The van der Waals surface area contributed by atoms with E-state index in [9.17, 15) is 9.59 Å². The summed E-state index contributed by atoms with van der Waals surface area (Å²) < 4.78 is 0. The molecule has 0 saturated carbocycles. The van der Waals surface area contributed by atoms with Crippen LogP contribution in [0.25, 0.3) is 6.08 Å². The Morgan fingerprint density at radius 3 is 2.48 bits per heavy atom. The highest BCUT2D eigenvalue weighted by molar-refractivity contribution is 5.95. The van der Waals surface area contributed by atoms with Crippen LogP contribution in [0.1, 0.15) is 25.0 Å². The van der Waals surface area contributed by atoms with Gasteiger partial charge in [-0.15, -0.1) is 0 Å². The standard InChI is InChI=1S/C24H31N5O2/c1-3-28-13-15-29(16-14-28)22-11-9-21(17-25-22)18-26-24(31)19(2)27-23(30)12-10-20-7-5-4-6-8-20/h4-12,17,19H,3,13-16,18H2,1-2H3,(H,26,31)(H,27,30)/b12-10+. The summed E-state index contributed by atoms with van der Waals surface area (Å²) in [7, 11) is 0. The Kier molecular flexibility index (Phi) is 8.18. The molecule has 0 radical (unpaired) electrons. The summed E-state index contributed by atoms with van der Waals surface area (Å²) in [5.74, 6) is 0.429. The lowest BCUT2D eigenvalue weighted by Gasteiger charge is -2.34. The van der Waals surface area contributed by atoms with Crippen molar-refractivity contribution in [2.24, 2.45) is 0 Å². The van der Waals surface area contributed by atoms with Gasteiger partial charge in [0, 0.05) is 45.0 Å². The molecule has 31 heavy (non-hydrogen) atoms. The first-order valence-corrected chi connectivity index (χ1v) is 10.8. The molecule has 0 aliphatic carbocycles. The normalized spacial score (nSPS) is 15.6. The number of nitrogens with zero attached hydrogens (tertiary/aromatic N) is 3. The Hall–Kier alpha value is -3.19. The van der Waals surface area contributed by atoms with Crippen LogP contribution in [0.4, 0.5) is 5.82 Å². The van der Waals surface area contributed by atoms with Gasteiger partial charge in [-0.2, -0.15) is 0 Å². The largest absolute Gasteiger partial charge is 0.354 e. The SMILES string of the molecule is CCN1CCN(c2ccc(CNC(=O)C(C)NC(=O)/C=C/c3ccccc3)cn2)CC1. The molecule has 1 atom stereocenters. The minimum Gasteiger partial charge on any atom is -0.354 e. The number of rotatable bonds is 8. The quantitative estimate of drug-likeness (QED) is 0.638. The zero-order valence-corrected chi connectivity index (χ0v) is 18.3. The van der Waals surface area contributed by atoms with Crippen molar-refractivity contribution in [3.8, 4) is 0 Å². The topological polar surface area (TPSA) is 77.6 Å². The summed E-state index contributed by atoms with van der Waals surface area (Å²) in [4.78, 5) is 33.6. The average molecular weight is 422 g/mol. The molecule has 2 amide bonds. The molecule has 7 heteroatoms. The molecule has 1 aromatic carbocycles. The van der Waals surface area contributed by atoms with Gasteiger partial charge in [0.2, 0.25) is 11.8 Å². The van der Waals surface area contributed by atoms with E-state index in [1.807, 2.05) is 42.5 Å². The summed E-state index contributed by atoms with van der Waals surface area (Å²) >= 11 is 0. The summed E-state index contributed by atoms with van der Waals surface area (Å²) in [6.45, 7) is 9.38. The third kappa shape index (κ3) is 6.93. The molecule has 7 nitrogen and oxygen atoms in total. The Bertz CT molecular complexity index is 875. The van der Waals surface area contributed by atoms with Gasteiger partial charge in [-0.3, -0.25) is 9.59 Å². The number of piperazine rings is 1. The van der Waals surface area contributed by atoms with Gasteiger partial charge < -0.3 is 20.4 Å². The van der Waals surface area contributed by atoms with Crippen molar-refractivity contribution in [2.45, 2.75) is 26.4 Å². The van der Waals surface area contributed by atoms with Crippen LogP contribution in [0.3, 0.4) is 0 Å². The van der Waals surface area contributed by atoms with Crippen molar-refractivity contribution in [3.63, 3.8) is 0 Å². The van der Waals surface area contributed by atoms with E-state index < -0.39 is 6.04 Å². The van der Waals surface area contributed by atoms with Gasteiger partial charge >= 0.3 is 0 Å². The average Bonchev–Trinajstić information content (AvgIpc) is 2.82. The van der Waals surface area contributed by atoms with Crippen molar-refractivity contribution >= 4 is 23.7 Å². The number of hydrogen-bond acceptors (Lipinski definition) is 5. The molecule has 2 aromatic rings. The maximum atomic E-state index is 12.3. The van der Waals surface area contributed by atoms with Crippen LogP contribution in [-0.2, 0) is 16.1 Å². The predicted octanol–water partition coefficient (Wildman–Crippen LogP) is 2.06. The zero-order chi connectivity index (χ0) is 22.1. The van der Waals surface area contributed by atoms with Gasteiger partial charge in [-0.05, 0) is 36.7 Å². The minimum atomic E-state index is -0.630. The molecule has 1 fully saturated rings. The molecule has 1 unspecified atom stereocenters. The van der Waals surface area contributed by atoms with E-state index in [4.69, 9.17) is 0 Å². The van der Waals surface area contributed by atoms with Crippen molar-refractivity contribution in [3.05, 3.63) is 65.9 Å². The van der Waals surface area contributed by atoms with Crippen LogP contribution >= 0.6 is 0 Å². The first-order valence-electron chi connectivity index (χ1n) is 10.8. The number of aromatic nitrogens is 1. The third-order valence-electron chi connectivity index (χ3n) is 5.40. The number of anilines is 1. The highest BCUT2D eigenvalue weighted by atomic mass is 16.2. The Labute approximate surface area is 184 Å². The second kappa shape index (κ2) is 11.3. The fraction of sp³-hybridized carbons (Fsp3) is 0.375. The maximum absolute atomic E-state index is 12.3. The monoisotopic (exact) mass is 421 g/mol. The van der Waals surface area contributed by atoms with E-state index in [0.717, 1.165) is 49.7 Å². The first kappa shape index (κ1) is 22.5. The summed E-state index contributed by atoms with van der Waals surface area (Å²) in [6.07, 6.45) is 4.95. The van der Waals surface area contributed by atoms with Gasteiger partial charge in [0.1, 0.15) is 11.9 Å². The summed E-state index contributed by atoms with van der Waals surface area (Å²) in [5, 5.41) is 5.53. The van der Waals surface area contributed by atoms with Crippen LogP contribution in [0.5, 0.6) is 0 Å². The van der Waals surface area contributed by atoms with E-state index in [0.29, 0.717) is 6.54 Å². The molecule has 0 spiro atoms. The van der Waals surface area contributed by atoms with E-state index in [-0.39, 0.29) is 11.8 Å². The van der Waals surface area contributed by atoms with E-state index in [1.54, 1.807) is 19.2 Å². The number of carbonyl (C=O) groups excluding carboxylic acids is 2. The minimum absolute atomic E-state index is 0.235. The summed E-state index contributed by atoms with van der Waals surface area (Å²) in [6, 6.07) is 12.9. The third-order valence-corrected chi connectivity index (χ3v) is 5.40. The second-order valence-corrected chi connectivity index (χ2v) is 7.64. The number of benzene rings is 1. The Morgan fingerprint density at radius 2 is 1.84 bits per heavy atom. The molecule has 0 bridgehead atoms. The van der Waals surface area contributed by atoms with E-state index >= 15 is 0 Å². The van der Waals surface area contributed by atoms with Crippen molar-refractivity contribution in [1.82, 2.24) is 20.5 Å². The second-order valence-electron chi connectivity index (χ2n) is 7.64. The number of nitrogens with one attached hydrogen (secondary N) is 2. The molecular weight excluding hydrogens is 390 g/mol. The highest BCUT2D eigenvalue weighted by Crippen LogP contribution is 2.14. The van der Waals surface area contributed by atoms with E-state index in [2.05, 4.69) is 32.3 Å². The lowest BCUT2D eigenvalue weighted by atomic mass is 10.2.